The predicted molar refractivity (Wildman–Crippen MR) is 315 cm³/mol. The fraction of sp³-hybridized carbons (Fsp3) is 0.961. The minimum Gasteiger partial charge on any atom is -0.460 e. The Bertz CT molecular complexity index is 1860. The van der Waals surface area contributed by atoms with E-state index in [2.05, 4.69) is 0 Å². The summed E-state index contributed by atoms with van der Waals surface area (Å²) in [6.07, 6.45) is 8.42. The Hall–Kier alpha value is -0.239. The van der Waals surface area contributed by atoms with Crippen molar-refractivity contribution in [2.75, 3.05) is 61.0 Å². The number of carbonyl (C=O) groups excluding carboxylic acids is 2. The van der Waals surface area contributed by atoms with Crippen LogP contribution in [0.3, 0.4) is 0 Å². The highest BCUT2D eigenvalue weighted by atomic mass is 28.2. The van der Waals surface area contributed by atoms with Gasteiger partial charge in [0.1, 0.15) is 24.4 Å². The number of ether oxygens (including phenoxy) is 7. The van der Waals surface area contributed by atoms with Gasteiger partial charge in [-0.1, -0.05) is 61.9 Å². The van der Waals surface area contributed by atoms with Crippen molar-refractivity contribution in [2.45, 2.75) is 227 Å². The van der Waals surface area contributed by atoms with Crippen LogP contribution >= 0.6 is 0 Å². The maximum Gasteiger partial charge on any atom is 0.302 e. The van der Waals surface area contributed by atoms with E-state index in [0.29, 0.717) is 107 Å². The number of aliphatic hydroxyl groups is 7. The first-order valence-corrected chi connectivity index (χ1v) is 30.8. The van der Waals surface area contributed by atoms with Crippen molar-refractivity contribution < 1.29 is 78.5 Å². The zero-order valence-corrected chi connectivity index (χ0v) is 51.1. The second-order valence-electron chi connectivity index (χ2n) is 19.3. The first kappa shape index (κ1) is 47.6. The zero-order valence-electron chi connectivity index (χ0n) is 63.1. The van der Waals surface area contributed by atoms with Crippen LogP contribution in [0.1, 0.15) is 129 Å². The number of hydrogen-bond donors (Lipinski definition) is 7. The Kier molecular flexibility index (Phi) is 32.6. The average molecular weight is 1190 g/mol. The molecule has 0 aromatic rings. The third kappa shape index (κ3) is 40.6. The molecule has 0 heterocycles. The van der Waals surface area contributed by atoms with Gasteiger partial charge in [-0.05, 0) is 114 Å². The standard InChI is InChI=1S/2C10H20O3Si.2C9H20O2Si.C7H18O3Si.C6H16O3Si/c1-7(11)13-10-3-2-8(4-5-14)6-9(10)12;1-7(11)13-10-6-8(4-5-14)2-3-9(10)12;1-11-9-3-2-7(4-5-12)6-8(9)10;1-11-9-6-7(4-5-12)2-3-8(9)10;1-9-5-7(8)6-10-3-2-4-11;7-4-6(8)5-9-2-1-3-10/h2*8-10,12H,2-6H2,1,14H3;2*7-10H,2-6H2,1,12H3;7-8H,2-6H2,1,11H3;6-8H,1-5H2,10H3/i2*14T3;2*12T3;11T3;10T3. The molecule has 0 spiro atoms. The van der Waals surface area contributed by atoms with Crippen LogP contribution in [0.25, 0.3) is 0 Å². The van der Waals surface area contributed by atoms with Gasteiger partial charge in [-0.2, -0.15) is 0 Å². The number of esters is 2. The van der Waals surface area contributed by atoms with Crippen LogP contribution in [-0.2, 0) is 42.7 Å². The molecule has 4 saturated carbocycles. The fourth-order valence-electron chi connectivity index (χ4n) is 8.96. The summed E-state index contributed by atoms with van der Waals surface area (Å²) in [6.45, 7) is 3.58. The highest BCUT2D eigenvalue weighted by molar-refractivity contribution is 6.09. The number of methoxy groups -OCH3 is 3. The van der Waals surface area contributed by atoms with Gasteiger partial charge in [0.25, 0.3) is 0 Å². The number of rotatable bonds is 31. The number of carbonyl (C=O) groups is 2. The van der Waals surface area contributed by atoms with Gasteiger partial charge in [0.05, 0.1) is 63.1 Å². The summed E-state index contributed by atoms with van der Waals surface area (Å²) in [5, 5.41) is 65.2. The molecule has 4 aliphatic rings. The largest absolute Gasteiger partial charge is 0.460 e. The van der Waals surface area contributed by atoms with Gasteiger partial charge in [-0.15, -0.1) is 0 Å². The Morgan fingerprint density at radius 3 is 1.27 bits per heavy atom. The first-order valence-electron chi connectivity index (χ1n) is 35.5. The summed E-state index contributed by atoms with van der Waals surface area (Å²) in [5.74, 6) is 0.549. The SMILES string of the molecule is [3H][Si]([3H])([3H])CCC1CCC(O)C(OC(C)=O)C1.[3H][Si]([3H])([3H])CCC1CCC(O)C(OC)C1.[3H][Si]([3H])([3H])CCC1CCC(OC(C)=O)C(O)C1.[3H][Si]([3H])([3H])CCC1CCC(OC)C(O)C1.[3H][Si]([3H])([3H])CCCOCC(O)CO.[3H][Si]([3H])([3H])CCCOCC(O)COC. The maximum atomic E-state index is 10.9. The minimum absolute atomic E-state index is 0.0498. The molecule has 0 bridgehead atoms. The molecule has 0 aromatic heterocycles. The van der Waals surface area contributed by atoms with Crippen LogP contribution in [0.2, 0.25) is 36.3 Å². The zero-order chi connectivity index (χ0) is 70.4. The molecule has 0 radical (unpaired) electrons. The van der Waals surface area contributed by atoms with E-state index in [-0.39, 0.29) is 80.6 Å². The molecule has 0 amide bonds. The van der Waals surface area contributed by atoms with E-state index in [1.807, 2.05) is 0 Å². The average Bonchev–Trinajstić information content (AvgIpc) is 2.90. The monoisotopic (exact) mass is 1190 g/mol. The first-order chi connectivity index (χ1) is 41.8. The lowest BCUT2D eigenvalue weighted by Crippen LogP contribution is -2.37. The van der Waals surface area contributed by atoms with Gasteiger partial charge >= 0.3 is 11.9 Å². The van der Waals surface area contributed by atoms with Crippen LogP contribution in [0.15, 0.2) is 0 Å². The minimum atomic E-state index is -3.23. The van der Waals surface area contributed by atoms with Crippen LogP contribution < -0.4 is 0 Å². The molecule has 14 unspecified atom stereocenters. The molecule has 438 valence electrons. The number of aliphatic hydroxyl groups excluding tert-OH is 7. The van der Waals surface area contributed by atoms with Gasteiger partial charge in [0.15, 0.2) is 0 Å². The van der Waals surface area contributed by atoms with E-state index in [1.54, 1.807) is 14.2 Å². The second kappa shape index (κ2) is 50.0. The van der Waals surface area contributed by atoms with Crippen molar-refractivity contribution in [3.63, 3.8) is 0 Å². The molecule has 4 fully saturated rings. The Balaban J connectivity index is 0. The van der Waals surface area contributed by atoms with Crippen molar-refractivity contribution in [1.29, 1.82) is 22.2 Å². The van der Waals surface area contributed by atoms with Crippen LogP contribution in [0, 0.1) is 23.7 Å². The Morgan fingerprint density at radius 1 is 0.493 bits per heavy atom. The van der Waals surface area contributed by atoms with Crippen molar-refractivity contribution >= 4 is 72.2 Å². The second-order valence-corrected chi connectivity index (χ2v) is 22.3. The third-order valence-electron chi connectivity index (χ3n) is 13.0. The summed E-state index contributed by atoms with van der Waals surface area (Å²) in [7, 11) is -14.4. The van der Waals surface area contributed by atoms with E-state index >= 15 is 0 Å². The molecule has 22 heteroatoms. The van der Waals surface area contributed by atoms with Gasteiger partial charge in [0, 0.05) is 131 Å². The Morgan fingerprint density at radius 2 is 0.877 bits per heavy atom. The summed E-state index contributed by atoms with van der Waals surface area (Å²) < 4.78 is 165. The van der Waals surface area contributed by atoms with Crippen molar-refractivity contribution in [3.8, 4) is 0 Å². The molecular formula is C51H114O16Si6. The summed E-state index contributed by atoms with van der Waals surface area (Å²) in [4.78, 5) is 21.7. The smallest absolute Gasteiger partial charge is 0.302 e. The summed E-state index contributed by atoms with van der Waals surface area (Å²) in [6, 6.07) is 1.98. The van der Waals surface area contributed by atoms with Gasteiger partial charge < -0.3 is 68.9 Å². The van der Waals surface area contributed by atoms with E-state index in [4.69, 9.17) is 70.7 Å². The molecule has 0 saturated heterocycles. The van der Waals surface area contributed by atoms with E-state index < -0.39 is 103 Å². The van der Waals surface area contributed by atoms with Crippen LogP contribution in [-0.4, -0.2) is 252 Å². The highest BCUT2D eigenvalue weighted by Crippen LogP contribution is 2.32. The Labute approximate surface area is 483 Å². The summed E-state index contributed by atoms with van der Waals surface area (Å²) >= 11 is 0. The van der Waals surface area contributed by atoms with E-state index in [9.17, 15) is 30.0 Å². The molecular weight excluding hydrogens is 1040 g/mol. The molecule has 4 rings (SSSR count). The van der Waals surface area contributed by atoms with Crippen LogP contribution in [0.5, 0.6) is 0 Å². The summed E-state index contributed by atoms with van der Waals surface area (Å²) in [5.41, 5.74) is 0. The lowest BCUT2D eigenvalue weighted by atomic mass is 9.84. The highest BCUT2D eigenvalue weighted by Gasteiger charge is 2.32. The molecule has 73 heavy (non-hydrogen) atoms. The predicted octanol–water partition coefficient (Wildman–Crippen LogP) is -1.11. The molecule has 0 aromatic carbocycles. The van der Waals surface area contributed by atoms with Gasteiger partial charge in [-0.25, -0.2) is 0 Å². The fourth-order valence-corrected chi connectivity index (χ4v) is 10.9. The number of hydrogen-bond acceptors (Lipinski definition) is 16. The lowest BCUT2D eigenvalue weighted by molar-refractivity contribution is -0.157. The molecule has 0 aliphatic heterocycles. The van der Waals surface area contributed by atoms with Crippen LogP contribution in [0.4, 0.5) is 0 Å². The quantitative estimate of drug-likeness (QED) is 0.0248. The maximum absolute atomic E-state index is 10.9. The van der Waals surface area contributed by atoms with Crippen molar-refractivity contribution in [3.05, 3.63) is 0 Å². The normalized spacial score (nSPS) is 33.2. The van der Waals surface area contributed by atoms with E-state index in [1.165, 1.54) is 21.0 Å². The van der Waals surface area contributed by atoms with Crippen molar-refractivity contribution in [2.24, 2.45) is 23.7 Å². The topological polar surface area (TPSA) is 240 Å². The van der Waals surface area contributed by atoms with E-state index in [0.717, 1.165) is 57.8 Å². The van der Waals surface area contributed by atoms with Gasteiger partial charge in [0.2, 0.25) is 0 Å². The van der Waals surface area contributed by atoms with Crippen molar-refractivity contribution in [1.82, 2.24) is 0 Å². The van der Waals surface area contributed by atoms with Gasteiger partial charge in [-0.3, -0.25) is 9.59 Å². The third-order valence-corrected chi connectivity index (χ3v) is 14.9. The molecule has 7 N–H and O–H groups in total. The molecule has 16 nitrogen and oxygen atoms in total. The lowest BCUT2D eigenvalue weighted by Gasteiger charge is -2.32. The molecule has 4 aliphatic carbocycles. The molecule has 14 atom stereocenters.